The van der Waals surface area contributed by atoms with E-state index in [9.17, 15) is 4.57 Å². The Morgan fingerprint density at radius 2 is 1.63 bits per heavy atom. The Kier molecular flexibility index (Phi) is 7.32. The molecule has 0 saturated carbocycles. The lowest BCUT2D eigenvalue weighted by Gasteiger charge is -2.10. The Bertz CT molecular complexity index is 414. The molecule has 0 radical (unpaired) electrons. The third-order valence-corrected chi connectivity index (χ3v) is 3.54. The number of phosphoric acid groups is 1. The number of hydrogen-bond donors (Lipinski definition) is 2. The number of unbranched alkanes of at least 4 members (excludes halogenated alkanes) is 2. The quantitative estimate of drug-likeness (QED) is 0.539. The molecule has 108 valence electrons. The lowest BCUT2D eigenvalue weighted by atomic mass is 9.98. The van der Waals surface area contributed by atoms with E-state index in [1.54, 1.807) is 0 Å². The van der Waals surface area contributed by atoms with Crippen LogP contribution in [0.1, 0.15) is 43.7 Å². The molecule has 5 heteroatoms. The van der Waals surface area contributed by atoms with Gasteiger partial charge in [-0.1, -0.05) is 44.0 Å². The van der Waals surface area contributed by atoms with Crippen LogP contribution in [0, 0.1) is 0 Å². The maximum Gasteiger partial charge on any atom is 0.469 e. The Morgan fingerprint density at radius 1 is 1.05 bits per heavy atom. The standard InChI is InChI=1S/C14H23O4P/c1-2-3-4-8-13-9-5-6-10-14(13)11-7-12-18-19(15,16)17/h5-6,9-10H,2-4,7-8,11-12H2,1H3,(H2,15,16,17). The summed E-state index contributed by atoms with van der Waals surface area (Å²) in [7, 11) is -4.32. The summed E-state index contributed by atoms with van der Waals surface area (Å²) in [5.74, 6) is 0. The number of phosphoric ester groups is 1. The van der Waals surface area contributed by atoms with E-state index in [4.69, 9.17) is 9.79 Å². The second-order valence-electron chi connectivity index (χ2n) is 4.65. The van der Waals surface area contributed by atoms with Gasteiger partial charge in [0.25, 0.3) is 0 Å². The van der Waals surface area contributed by atoms with E-state index < -0.39 is 7.82 Å². The highest BCUT2D eigenvalue weighted by Crippen LogP contribution is 2.35. The maximum atomic E-state index is 10.6. The molecule has 1 aromatic rings. The monoisotopic (exact) mass is 286 g/mol. The van der Waals surface area contributed by atoms with E-state index in [0.717, 1.165) is 12.8 Å². The summed E-state index contributed by atoms with van der Waals surface area (Å²) >= 11 is 0. The van der Waals surface area contributed by atoms with Crippen LogP contribution in [0.25, 0.3) is 0 Å². The summed E-state index contributed by atoms with van der Waals surface area (Å²) in [6, 6.07) is 8.26. The van der Waals surface area contributed by atoms with Crippen molar-refractivity contribution in [3.8, 4) is 0 Å². The number of hydrogen-bond acceptors (Lipinski definition) is 2. The van der Waals surface area contributed by atoms with Crippen LogP contribution >= 0.6 is 7.82 Å². The van der Waals surface area contributed by atoms with Crippen molar-refractivity contribution in [1.29, 1.82) is 0 Å². The Morgan fingerprint density at radius 3 is 2.16 bits per heavy atom. The summed E-state index contributed by atoms with van der Waals surface area (Å²) < 4.78 is 15.0. The highest BCUT2D eigenvalue weighted by atomic mass is 31.2. The molecule has 0 aromatic heterocycles. The van der Waals surface area contributed by atoms with E-state index >= 15 is 0 Å². The van der Waals surface area contributed by atoms with Crippen LogP contribution in [-0.2, 0) is 21.9 Å². The highest BCUT2D eigenvalue weighted by molar-refractivity contribution is 7.46. The average molecular weight is 286 g/mol. The second-order valence-corrected chi connectivity index (χ2v) is 5.89. The van der Waals surface area contributed by atoms with Crippen molar-refractivity contribution < 1.29 is 18.9 Å². The topological polar surface area (TPSA) is 66.8 Å². The largest absolute Gasteiger partial charge is 0.469 e. The van der Waals surface area contributed by atoms with Crippen molar-refractivity contribution >= 4 is 7.82 Å². The van der Waals surface area contributed by atoms with Crippen LogP contribution in [0.3, 0.4) is 0 Å². The van der Waals surface area contributed by atoms with Gasteiger partial charge in [-0.2, -0.15) is 0 Å². The van der Waals surface area contributed by atoms with Crippen LogP contribution < -0.4 is 0 Å². The van der Waals surface area contributed by atoms with Gasteiger partial charge in [0.05, 0.1) is 6.61 Å². The molecule has 2 N–H and O–H groups in total. The number of rotatable bonds is 9. The molecule has 0 aliphatic heterocycles. The van der Waals surface area contributed by atoms with Crippen LogP contribution in [0.15, 0.2) is 24.3 Å². The predicted molar refractivity (Wildman–Crippen MR) is 76.0 cm³/mol. The summed E-state index contributed by atoms with van der Waals surface area (Å²) in [6.07, 6.45) is 6.11. The summed E-state index contributed by atoms with van der Waals surface area (Å²) in [6.45, 7) is 2.28. The van der Waals surface area contributed by atoms with Gasteiger partial charge in [-0.3, -0.25) is 4.52 Å². The van der Waals surface area contributed by atoms with Gasteiger partial charge >= 0.3 is 7.82 Å². The van der Waals surface area contributed by atoms with E-state index in [1.165, 1.54) is 30.4 Å². The minimum Gasteiger partial charge on any atom is -0.303 e. The molecular weight excluding hydrogens is 263 g/mol. The molecule has 1 aromatic carbocycles. The molecule has 4 nitrogen and oxygen atoms in total. The van der Waals surface area contributed by atoms with Crippen LogP contribution in [0.2, 0.25) is 0 Å². The number of aryl methyl sites for hydroxylation is 2. The molecule has 0 bridgehead atoms. The van der Waals surface area contributed by atoms with Crippen molar-refractivity contribution in [2.24, 2.45) is 0 Å². The Hall–Kier alpha value is -0.670. The first-order valence-corrected chi connectivity index (χ1v) is 8.33. The number of benzene rings is 1. The van der Waals surface area contributed by atoms with Crippen molar-refractivity contribution in [2.45, 2.75) is 45.4 Å². The molecule has 0 spiro atoms. The van der Waals surface area contributed by atoms with Crippen molar-refractivity contribution in [2.75, 3.05) is 6.61 Å². The van der Waals surface area contributed by atoms with Gasteiger partial charge in [-0.05, 0) is 36.8 Å². The summed E-state index contributed by atoms with van der Waals surface area (Å²) in [4.78, 5) is 17.2. The van der Waals surface area contributed by atoms with Crippen molar-refractivity contribution in [1.82, 2.24) is 0 Å². The van der Waals surface area contributed by atoms with Crippen molar-refractivity contribution in [3.05, 3.63) is 35.4 Å². The summed E-state index contributed by atoms with van der Waals surface area (Å²) in [5, 5.41) is 0. The molecular formula is C14H23O4P. The van der Waals surface area contributed by atoms with Gasteiger partial charge in [-0.25, -0.2) is 4.57 Å². The normalized spacial score (nSPS) is 11.7. The second kappa shape index (κ2) is 8.49. The molecule has 0 aliphatic rings. The van der Waals surface area contributed by atoms with Crippen molar-refractivity contribution in [3.63, 3.8) is 0 Å². The third-order valence-electron chi connectivity index (χ3n) is 3.02. The zero-order chi connectivity index (χ0) is 14.1. The lowest BCUT2D eigenvalue weighted by Crippen LogP contribution is -1.98. The van der Waals surface area contributed by atoms with E-state index in [2.05, 4.69) is 23.6 Å². The molecule has 19 heavy (non-hydrogen) atoms. The lowest BCUT2D eigenvalue weighted by molar-refractivity contribution is 0.195. The van der Waals surface area contributed by atoms with Crippen LogP contribution in [0.4, 0.5) is 0 Å². The minimum absolute atomic E-state index is 0.0908. The summed E-state index contributed by atoms with van der Waals surface area (Å²) in [5.41, 5.74) is 2.60. The van der Waals surface area contributed by atoms with E-state index in [-0.39, 0.29) is 6.61 Å². The average Bonchev–Trinajstić information content (AvgIpc) is 2.35. The fraction of sp³-hybridized carbons (Fsp3) is 0.571. The van der Waals surface area contributed by atoms with Gasteiger partial charge in [0.15, 0.2) is 0 Å². The van der Waals surface area contributed by atoms with Gasteiger partial charge in [0.1, 0.15) is 0 Å². The molecule has 0 heterocycles. The first-order chi connectivity index (χ1) is 9.03. The zero-order valence-electron chi connectivity index (χ0n) is 11.4. The van der Waals surface area contributed by atoms with Crippen LogP contribution in [-0.4, -0.2) is 16.4 Å². The highest BCUT2D eigenvalue weighted by Gasteiger charge is 2.12. The molecule has 0 saturated heterocycles. The first kappa shape index (κ1) is 16.4. The third kappa shape index (κ3) is 7.48. The van der Waals surface area contributed by atoms with Gasteiger partial charge in [0, 0.05) is 0 Å². The molecule has 0 aliphatic carbocycles. The zero-order valence-corrected chi connectivity index (χ0v) is 12.3. The Labute approximate surface area is 115 Å². The van der Waals surface area contributed by atoms with Gasteiger partial charge in [-0.15, -0.1) is 0 Å². The van der Waals surface area contributed by atoms with Crippen LogP contribution in [0.5, 0.6) is 0 Å². The smallest absolute Gasteiger partial charge is 0.303 e. The van der Waals surface area contributed by atoms with E-state index in [1.807, 2.05) is 12.1 Å². The molecule has 0 fully saturated rings. The first-order valence-electron chi connectivity index (χ1n) is 6.80. The fourth-order valence-electron chi connectivity index (χ4n) is 2.06. The molecule has 0 amide bonds. The van der Waals surface area contributed by atoms with E-state index in [0.29, 0.717) is 6.42 Å². The fourth-order valence-corrected chi connectivity index (χ4v) is 2.42. The molecule has 0 unspecified atom stereocenters. The minimum atomic E-state index is -4.32. The SMILES string of the molecule is CCCCCc1ccccc1CCCOP(=O)(O)O. The maximum absolute atomic E-state index is 10.6. The van der Waals surface area contributed by atoms with Gasteiger partial charge < -0.3 is 9.79 Å². The Balaban J connectivity index is 2.41. The molecule has 1 rings (SSSR count). The molecule has 0 atom stereocenters. The van der Waals surface area contributed by atoms with Gasteiger partial charge in [0.2, 0.25) is 0 Å². The predicted octanol–water partition coefficient (Wildman–Crippen LogP) is 3.46.